The third-order valence-electron chi connectivity index (χ3n) is 5.02. The maximum atomic E-state index is 13.0. The molecule has 3 rings (SSSR count). The average Bonchev–Trinajstić information content (AvgIpc) is 3.17. The van der Waals surface area contributed by atoms with Gasteiger partial charge in [0.25, 0.3) is 5.91 Å². The van der Waals surface area contributed by atoms with Crippen molar-refractivity contribution in [3.63, 3.8) is 0 Å². The number of nitrogens with one attached hydrogen (secondary N) is 1. The van der Waals surface area contributed by atoms with Crippen LogP contribution < -0.4 is 10.1 Å². The largest absolute Gasteiger partial charge is 0.493 e. The molecule has 11 heteroatoms. The monoisotopic (exact) mass is 453 g/mol. The van der Waals surface area contributed by atoms with Crippen molar-refractivity contribution in [1.82, 2.24) is 24.9 Å². The molecule has 1 aliphatic heterocycles. The number of carbonyl (C=O) groups is 2. The molecule has 1 aromatic carbocycles. The Bertz CT molecular complexity index is 966. The van der Waals surface area contributed by atoms with Gasteiger partial charge in [0.05, 0.1) is 31.1 Å². The summed E-state index contributed by atoms with van der Waals surface area (Å²) in [4.78, 5) is 28.5. The predicted molar refractivity (Wildman–Crippen MR) is 111 cm³/mol. The van der Waals surface area contributed by atoms with Crippen LogP contribution >= 0.6 is 0 Å². The molecule has 0 atom stereocenters. The van der Waals surface area contributed by atoms with Gasteiger partial charge in [-0.3, -0.25) is 14.5 Å². The Labute approximate surface area is 183 Å². The highest BCUT2D eigenvalue weighted by Gasteiger charge is 2.31. The summed E-state index contributed by atoms with van der Waals surface area (Å²) >= 11 is 0. The summed E-state index contributed by atoms with van der Waals surface area (Å²) < 4.78 is 45.6. The maximum absolute atomic E-state index is 13.0. The molecule has 1 fully saturated rings. The van der Waals surface area contributed by atoms with E-state index in [0.717, 1.165) is 12.1 Å². The molecule has 1 aliphatic rings. The number of nitrogens with zero attached hydrogens (tertiary/aromatic N) is 4. The summed E-state index contributed by atoms with van der Waals surface area (Å²) in [5.41, 5.74) is -0.621. The lowest BCUT2D eigenvalue weighted by atomic mass is 10.2. The number of carbonyl (C=O) groups excluding carboxylic acids is 2. The zero-order chi connectivity index (χ0) is 23.5. The number of amides is 2. The fraction of sp³-hybridized carbons (Fsp3) is 0.476. The van der Waals surface area contributed by atoms with Gasteiger partial charge in [-0.15, -0.1) is 0 Å². The molecule has 0 unspecified atom stereocenters. The molecule has 2 amide bonds. The zero-order valence-electron chi connectivity index (χ0n) is 18.1. The first-order chi connectivity index (χ1) is 15.1. The lowest BCUT2D eigenvalue weighted by molar-refractivity contribution is -0.137. The number of benzene rings is 1. The number of hydrogen-bond acceptors (Lipinski definition) is 5. The summed E-state index contributed by atoms with van der Waals surface area (Å²) in [7, 11) is 1.37. The van der Waals surface area contributed by atoms with Crippen molar-refractivity contribution in [3.05, 3.63) is 41.7 Å². The molecule has 2 heterocycles. The van der Waals surface area contributed by atoms with Gasteiger partial charge in [0.15, 0.2) is 11.4 Å². The number of alkyl halides is 3. The van der Waals surface area contributed by atoms with E-state index >= 15 is 0 Å². The van der Waals surface area contributed by atoms with Crippen molar-refractivity contribution in [2.75, 3.05) is 39.8 Å². The minimum absolute atomic E-state index is 0.0240. The highest BCUT2D eigenvalue weighted by molar-refractivity contribution is 5.95. The third kappa shape index (κ3) is 5.58. The van der Waals surface area contributed by atoms with E-state index in [2.05, 4.69) is 10.4 Å². The van der Waals surface area contributed by atoms with Gasteiger partial charge in [-0.05, 0) is 32.0 Å². The number of hydrogen-bond donors (Lipinski definition) is 1. The molecule has 0 spiro atoms. The van der Waals surface area contributed by atoms with E-state index in [1.54, 1.807) is 4.90 Å². The van der Waals surface area contributed by atoms with Crippen molar-refractivity contribution in [2.45, 2.75) is 26.1 Å². The number of methoxy groups -OCH3 is 1. The van der Waals surface area contributed by atoms with Crippen LogP contribution in [0.3, 0.4) is 0 Å². The topological polar surface area (TPSA) is 79.7 Å². The maximum Gasteiger partial charge on any atom is 0.416 e. The van der Waals surface area contributed by atoms with Crippen LogP contribution in [0.1, 0.15) is 29.9 Å². The highest BCUT2D eigenvalue weighted by Crippen LogP contribution is 2.31. The molecule has 0 aliphatic carbocycles. The lowest BCUT2D eigenvalue weighted by Crippen LogP contribution is -2.51. The molecule has 174 valence electrons. The number of piperazine rings is 1. The Morgan fingerprint density at radius 1 is 1.19 bits per heavy atom. The smallest absolute Gasteiger partial charge is 0.416 e. The van der Waals surface area contributed by atoms with Gasteiger partial charge < -0.3 is 15.0 Å². The first kappa shape index (κ1) is 23.6. The number of rotatable bonds is 6. The predicted octanol–water partition coefficient (Wildman–Crippen LogP) is 2.18. The minimum atomic E-state index is -4.49. The van der Waals surface area contributed by atoms with Gasteiger partial charge in [-0.25, -0.2) is 4.68 Å². The van der Waals surface area contributed by atoms with Crippen LogP contribution in [0.15, 0.2) is 30.5 Å². The summed E-state index contributed by atoms with van der Waals surface area (Å²) in [5.74, 6) is -0.272. The van der Waals surface area contributed by atoms with E-state index in [9.17, 15) is 22.8 Å². The van der Waals surface area contributed by atoms with Crippen LogP contribution in [0.2, 0.25) is 0 Å². The lowest BCUT2D eigenvalue weighted by Gasteiger charge is -2.34. The molecule has 32 heavy (non-hydrogen) atoms. The van der Waals surface area contributed by atoms with Crippen molar-refractivity contribution in [3.8, 4) is 11.4 Å². The van der Waals surface area contributed by atoms with E-state index in [4.69, 9.17) is 4.74 Å². The fourth-order valence-corrected chi connectivity index (χ4v) is 3.44. The third-order valence-corrected chi connectivity index (χ3v) is 5.02. The van der Waals surface area contributed by atoms with Crippen molar-refractivity contribution >= 4 is 11.8 Å². The Morgan fingerprint density at radius 2 is 1.88 bits per heavy atom. The molecule has 0 radical (unpaired) electrons. The van der Waals surface area contributed by atoms with Gasteiger partial charge in [0, 0.05) is 32.2 Å². The second kappa shape index (κ2) is 9.60. The minimum Gasteiger partial charge on any atom is -0.493 e. The van der Waals surface area contributed by atoms with E-state index < -0.39 is 11.7 Å². The summed E-state index contributed by atoms with van der Waals surface area (Å²) in [6, 6.07) is 4.74. The van der Waals surface area contributed by atoms with Crippen molar-refractivity contribution in [1.29, 1.82) is 0 Å². The van der Waals surface area contributed by atoms with Crippen molar-refractivity contribution < 1.29 is 27.5 Å². The van der Waals surface area contributed by atoms with E-state index in [1.807, 2.05) is 18.7 Å². The average molecular weight is 453 g/mol. The summed E-state index contributed by atoms with van der Waals surface area (Å²) in [6.45, 7) is 5.87. The first-order valence-electron chi connectivity index (χ1n) is 10.2. The molecule has 1 aromatic heterocycles. The van der Waals surface area contributed by atoms with Crippen LogP contribution in [0, 0.1) is 0 Å². The van der Waals surface area contributed by atoms with Crippen LogP contribution in [0.5, 0.6) is 5.75 Å². The van der Waals surface area contributed by atoms with Crippen molar-refractivity contribution in [2.24, 2.45) is 0 Å². The Hall–Kier alpha value is -3.08. The van der Waals surface area contributed by atoms with Gasteiger partial charge in [0.2, 0.25) is 5.91 Å². The normalized spacial score (nSPS) is 15.2. The van der Waals surface area contributed by atoms with Crippen LogP contribution in [-0.4, -0.2) is 77.3 Å². The molecule has 0 saturated carbocycles. The van der Waals surface area contributed by atoms with Gasteiger partial charge in [-0.2, -0.15) is 18.3 Å². The molecule has 0 bridgehead atoms. The van der Waals surface area contributed by atoms with Crippen LogP contribution in [0.4, 0.5) is 13.2 Å². The number of aromatic nitrogens is 2. The molecule has 1 N–H and O–H groups in total. The van der Waals surface area contributed by atoms with E-state index in [1.165, 1.54) is 30.1 Å². The molecular weight excluding hydrogens is 427 g/mol. The van der Waals surface area contributed by atoms with Gasteiger partial charge in [-0.1, -0.05) is 6.07 Å². The summed E-state index contributed by atoms with van der Waals surface area (Å²) in [6.07, 6.45) is -3.10. The Morgan fingerprint density at radius 3 is 2.47 bits per heavy atom. The molecule has 8 nitrogen and oxygen atoms in total. The quantitative estimate of drug-likeness (QED) is 0.726. The molecule has 2 aromatic rings. The molecular formula is C21H26F3N5O3. The number of halogens is 3. The molecule has 1 saturated heterocycles. The first-order valence-corrected chi connectivity index (χ1v) is 10.2. The second-order valence-corrected chi connectivity index (χ2v) is 7.83. The Kier molecular flexibility index (Phi) is 7.07. The van der Waals surface area contributed by atoms with Gasteiger partial charge in [0.1, 0.15) is 0 Å². The second-order valence-electron chi connectivity index (χ2n) is 7.83. The Balaban J connectivity index is 1.71. The standard InChI is InChI=1S/C21H26F3N5O3/c1-14(2)25-18(30)13-27-7-9-28(10-8-27)20(31)19-17(32-3)12-29(26-19)16-6-4-5-15(11-16)21(22,23)24/h4-6,11-12,14H,7-10,13H2,1-3H3,(H,25,30). The zero-order valence-corrected chi connectivity index (χ0v) is 18.1. The SMILES string of the molecule is COc1cn(-c2cccc(C(F)(F)F)c2)nc1C(=O)N1CCN(CC(=O)NC(C)C)CC1. The van der Waals surface area contributed by atoms with Crippen LogP contribution in [-0.2, 0) is 11.0 Å². The summed E-state index contributed by atoms with van der Waals surface area (Å²) in [5, 5.41) is 7.04. The van der Waals surface area contributed by atoms with E-state index in [0.29, 0.717) is 26.2 Å². The van der Waals surface area contributed by atoms with Crippen LogP contribution in [0.25, 0.3) is 5.69 Å². The van der Waals surface area contributed by atoms with E-state index in [-0.39, 0.29) is 41.5 Å². The highest BCUT2D eigenvalue weighted by atomic mass is 19.4. The number of ether oxygens (including phenoxy) is 1. The van der Waals surface area contributed by atoms with Gasteiger partial charge >= 0.3 is 6.18 Å². The fourth-order valence-electron chi connectivity index (χ4n) is 3.44.